The largest absolute Gasteiger partial charge is 0.489 e. The lowest BCUT2D eigenvalue weighted by Crippen LogP contribution is -2.10. The van der Waals surface area contributed by atoms with Crippen LogP contribution in [0.3, 0.4) is 0 Å². The Bertz CT molecular complexity index is 843. The molecule has 0 saturated heterocycles. The van der Waals surface area contributed by atoms with E-state index < -0.39 is 5.91 Å². The monoisotopic (exact) mass is 318 g/mol. The third-order valence-corrected chi connectivity index (χ3v) is 3.80. The average Bonchev–Trinajstić information content (AvgIpc) is 2.62. The molecule has 0 unspecified atom stereocenters. The molecule has 120 valence electrons. The minimum atomic E-state index is -0.446. The average molecular weight is 318 g/mol. The number of pyridine rings is 1. The molecular formula is C20H18N2O2. The van der Waals surface area contributed by atoms with Crippen LogP contribution in [0.5, 0.6) is 5.75 Å². The van der Waals surface area contributed by atoms with Crippen LogP contribution in [-0.2, 0) is 6.61 Å². The number of amides is 1. The van der Waals surface area contributed by atoms with Gasteiger partial charge < -0.3 is 10.5 Å². The van der Waals surface area contributed by atoms with Crippen LogP contribution in [0.4, 0.5) is 0 Å². The Balaban J connectivity index is 1.70. The van der Waals surface area contributed by atoms with Gasteiger partial charge in [-0.2, -0.15) is 0 Å². The van der Waals surface area contributed by atoms with Gasteiger partial charge in [0.25, 0.3) is 0 Å². The van der Waals surface area contributed by atoms with E-state index in [-0.39, 0.29) is 0 Å². The van der Waals surface area contributed by atoms with Gasteiger partial charge in [-0.15, -0.1) is 0 Å². The Hall–Kier alpha value is -3.14. The summed E-state index contributed by atoms with van der Waals surface area (Å²) in [4.78, 5) is 15.7. The number of carbonyl (C=O) groups excluding carboxylic acids is 1. The van der Waals surface area contributed by atoms with Crippen LogP contribution in [-0.4, -0.2) is 10.9 Å². The maximum Gasteiger partial charge on any atom is 0.248 e. The number of hydrogen-bond donors (Lipinski definition) is 1. The predicted octanol–water partition coefficient (Wildman–Crippen LogP) is 3.73. The quantitative estimate of drug-likeness (QED) is 0.779. The van der Waals surface area contributed by atoms with Crippen LogP contribution < -0.4 is 10.5 Å². The molecular weight excluding hydrogens is 300 g/mol. The van der Waals surface area contributed by atoms with Gasteiger partial charge >= 0.3 is 0 Å². The van der Waals surface area contributed by atoms with Crippen LogP contribution in [0.25, 0.3) is 11.3 Å². The first-order valence-corrected chi connectivity index (χ1v) is 7.68. The highest BCUT2D eigenvalue weighted by Crippen LogP contribution is 2.20. The van der Waals surface area contributed by atoms with Crippen LogP contribution in [0, 0.1) is 6.92 Å². The molecule has 0 radical (unpaired) electrons. The Kier molecular flexibility index (Phi) is 4.57. The van der Waals surface area contributed by atoms with Gasteiger partial charge in [0.2, 0.25) is 5.91 Å². The number of ether oxygens (including phenoxy) is 1. The van der Waals surface area contributed by atoms with E-state index in [2.05, 4.69) is 4.98 Å². The molecule has 1 aromatic heterocycles. The molecule has 4 heteroatoms. The molecule has 0 aliphatic heterocycles. The Morgan fingerprint density at radius 2 is 1.71 bits per heavy atom. The second-order valence-electron chi connectivity index (χ2n) is 5.48. The normalized spacial score (nSPS) is 10.4. The summed E-state index contributed by atoms with van der Waals surface area (Å²) in [6.07, 6.45) is 0. The van der Waals surface area contributed by atoms with Crippen molar-refractivity contribution in [2.75, 3.05) is 0 Å². The molecule has 2 N–H and O–H groups in total. The van der Waals surface area contributed by atoms with Gasteiger partial charge in [0, 0.05) is 22.4 Å². The highest BCUT2D eigenvalue weighted by molar-refractivity contribution is 5.92. The first-order valence-electron chi connectivity index (χ1n) is 7.68. The second-order valence-corrected chi connectivity index (χ2v) is 5.48. The number of benzene rings is 2. The highest BCUT2D eigenvalue weighted by atomic mass is 16.5. The van der Waals surface area contributed by atoms with E-state index in [1.807, 2.05) is 49.4 Å². The van der Waals surface area contributed by atoms with Crippen molar-refractivity contribution in [1.29, 1.82) is 0 Å². The Morgan fingerprint density at radius 1 is 1.00 bits per heavy atom. The molecule has 0 saturated carbocycles. The number of primary amides is 1. The van der Waals surface area contributed by atoms with E-state index in [0.29, 0.717) is 17.9 Å². The first-order chi connectivity index (χ1) is 11.6. The number of aryl methyl sites for hydroxylation is 1. The fourth-order valence-electron chi connectivity index (χ4n) is 2.39. The van der Waals surface area contributed by atoms with Gasteiger partial charge in [-0.25, -0.2) is 0 Å². The number of hydrogen-bond acceptors (Lipinski definition) is 3. The molecule has 0 bridgehead atoms. The minimum absolute atomic E-state index is 0.420. The zero-order valence-electron chi connectivity index (χ0n) is 13.4. The topological polar surface area (TPSA) is 65.2 Å². The van der Waals surface area contributed by atoms with Crippen LogP contribution in [0.2, 0.25) is 0 Å². The van der Waals surface area contributed by atoms with Crippen molar-refractivity contribution in [2.45, 2.75) is 13.5 Å². The van der Waals surface area contributed by atoms with Crippen LogP contribution in [0.1, 0.15) is 21.6 Å². The lowest BCUT2D eigenvalue weighted by Gasteiger charge is -2.10. The van der Waals surface area contributed by atoms with Crippen molar-refractivity contribution in [3.8, 4) is 17.0 Å². The summed E-state index contributed by atoms with van der Waals surface area (Å²) >= 11 is 0. The molecule has 0 aliphatic rings. The van der Waals surface area contributed by atoms with Crippen molar-refractivity contribution in [3.63, 3.8) is 0 Å². The van der Waals surface area contributed by atoms with Crippen molar-refractivity contribution < 1.29 is 9.53 Å². The number of aromatic nitrogens is 1. The molecule has 0 atom stereocenters. The molecule has 2 aromatic carbocycles. The molecule has 0 spiro atoms. The highest BCUT2D eigenvalue weighted by Gasteiger charge is 2.05. The number of rotatable bonds is 5. The lowest BCUT2D eigenvalue weighted by atomic mass is 10.1. The standard InChI is InChI=1S/C20H18N2O2/c1-14-17(9-12-19(22-14)15-5-3-2-4-6-15)13-24-18-10-7-16(8-11-18)20(21)23/h2-12H,13H2,1H3,(H2,21,23). The Labute approximate surface area is 140 Å². The van der Waals surface area contributed by atoms with Gasteiger partial charge in [0.1, 0.15) is 12.4 Å². The molecule has 3 rings (SSSR count). The Morgan fingerprint density at radius 3 is 2.33 bits per heavy atom. The van der Waals surface area contributed by atoms with Gasteiger partial charge in [-0.3, -0.25) is 9.78 Å². The van der Waals surface area contributed by atoms with Gasteiger partial charge in [0.05, 0.1) is 5.69 Å². The van der Waals surface area contributed by atoms with Gasteiger partial charge in [-0.05, 0) is 37.3 Å². The summed E-state index contributed by atoms with van der Waals surface area (Å²) < 4.78 is 5.76. The maximum atomic E-state index is 11.1. The number of carbonyl (C=O) groups is 1. The van der Waals surface area contributed by atoms with Crippen molar-refractivity contribution in [2.24, 2.45) is 5.73 Å². The van der Waals surface area contributed by atoms with Crippen molar-refractivity contribution >= 4 is 5.91 Å². The summed E-state index contributed by atoms with van der Waals surface area (Å²) in [5.74, 6) is 0.240. The molecule has 0 aliphatic carbocycles. The van der Waals surface area contributed by atoms with E-state index in [9.17, 15) is 4.79 Å². The predicted molar refractivity (Wildman–Crippen MR) is 93.7 cm³/mol. The third kappa shape index (κ3) is 3.60. The van der Waals surface area contributed by atoms with Gasteiger partial charge in [-0.1, -0.05) is 36.4 Å². The summed E-state index contributed by atoms with van der Waals surface area (Å²) in [5, 5.41) is 0. The van der Waals surface area contributed by atoms with Crippen molar-refractivity contribution in [1.82, 2.24) is 4.98 Å². The fourth-order valence-corrected chi connectivity index (χ4v) is 2.39. The van der Waals surface area contributed by atoms with E-state index in [4.69, 9.17) is 10.5 Å². The van der Waals surface area contributed by atoms with E-state index >= 15 is 0 Å². The molecule has 3 aromatic rings. The molecule has 24 heavy (non-hydrogen) atoms. The number of nitrogens with two attached hydrogens (primary N) is 1. The van der Waals surface area contributed by atoms with E-state index in [1.54, 1.807) is 24.3 Å². The minimum Gasteiger partial charge on any atom is -0.489 e. The lowest BCUT2D eigenvalue weighted by molar-refractivity contribution is 0.100. The van der Waals surface area contributed by atoms with Crippen molar-refractivity contribution in [3.05, 3.63) is 83.6 Å². The molecule has 1 heterocycles. The SMILES string of the molecule is Cc1nc(-c2ccccc2)ccc1COc1ccc(C(N)=O)cc1. The fraction of sp³-hybridized carbons (Fsp3) is 0.100. The first kappa shape index (κ1) is 15.7. The van der Waals surface area contributed by atoms with Gasteiger partial charge in [0.15, 0.2) is 0 Å². The molecule has 4 nitrogen and oxygen atoms in total. The zero-order valence-corrected chi connectivity index (χ0v) is 13.4. The third-order valence-electron chi connectivity index (χ3n) is 3.80. The smallest absolute Gasteiger partial charge is 0.248 e. The van der Waals surface area contributed by atoms with E-state index in [1.165, 1.54) is 0 Å². The summed E-state index contributed by atoms with van der Waals surface area (Å²) in [7, 11) is 0. The zero-order chi connectivity index (χ0) is 16.9. The van der Waals surface area contributed by atoms with E-state index in [0.717, 1.165) is 22.5 Å². The summed E-state index contributed by atoms with van der Waals surface area (Å²) in [6.45, 7) is 2.39. The number of nitrogens with zero attached hydrogens (tertiary/aromatic N) is 1. The second kappa shape index (κ2) is 6.96. The van der Waals surface area contributed by atoms with Crippen LogP contribution in [0.15, 0.2) is 66.7 Å². The maximum absolute atomic E-state index is 11.1. The van der Waals surface area contributed by atoms with Crippen LogP contribution >= 0.6 is 0 Å². The molecule has 1 amide bonds. The summed E-state index contributed by atoms with van der Waals surface area (Å²) in [6, 6.07) is 20.9. The molecule has 0 fully saturated rings. The summed E-state index contributed by atoms with van der Waals surface area (Å²) in [5.41, 5.74) is 9.68.